The van der Waals surface area contributed by atoms with E-state index in [1.54, 1.807) is 29.5 Å². The summed E-state index contributed by atoms with van der Waals surface area (Å²) < 4.78 is 64.9. The van der Waals surface area contributed by atoms with Crippen LogP contribution in [-0.2, 0) is 22.6 Å². The van der Waals surface area contributed by atoms with Crippen molar-refractivity contribution in [3.63, 3.8) is 0 Å². The molecule has 2 heterocycles. The Hall–Kier alpha value is -2.16. The Morgan fingerprint density at radius 1 is 0.968 bits per heavy atom. The molecule has 0 bridgehead atoms. The molecule has 3 aromatic rings. The summed E-state index contributed by atoms with van der Waals surface area (Å²) in [4.78, 5) is 3.43. The molecule has 0 atom stereocenters. The van der Waals surface area contributed by atoms with Crippen molar-refractivity contribution in [3.05, 3.63) is 77.2 Å². The Labute approximate surface area is 184 Å². The summed E-state index contributed by atoms with van der Waals surface area (Å²) in [5.74, 6) is 0. The summed E-state index contributed by atoms with van der Waals surface area (Å²) in [5.41, 5.74) is 0.915. The van der Waals surface area contributed by atoms with Crippen molar-refractivity contribution in [1.29, 1.82) is 0 Å². The van der Waals surface area contributed by atoms with E-state index < -0.39 is 26.8 Å². The van der Waals surface area contributed by atoms with Gasteiger partial charge in [-0.05, 0) is 66.7 Å². The number of piperidine rings is 1. The molecule has 1 aliphatic heterocycles. The largest absolute Gasteiger partial charge is 0.416 e. The molecule has 1 aliphatic rings. The third-order valence-electron chi connectivity index (χ3n) is 5.62. The van der Waals surface area contributed by atoms with Crippen molar-refractivity contribution in [2.24, 2.45) is 0 Å². The fourth-order valence-corrected chi connectivity index (χ4v) is 6.39. The van der Waals surface area contributed by atoms with Gasteiger partial charge in [-0.15, -0.1) is 11.3 Å². The van der Waals surface area contributed by atoms with Crippen molar-refractivity contribution >= 4 is 21.2 Å². The summed E-state index contributed by atoms with van der Waals surface area (Å²) >= 11 is 1.60. The second-order valence-electron chi connectivity index (χ2n) is 7.72. The maximum atomic E-state index is 13.1. The van der Waals surface area contributed by atoms with Crippen LogP contribution in [-0.4, -0.2) is 31.7 Å². The van der Waals surface area contributed by atoms with E-state index in [1.807, 2.05) is 34.5 Å². The van der Waals surface area contributed by atoms with Gasteiger partial charge in [0.25, 0.3) is 0 Å². The lowest BCUT2D eigenvalue weighted by molar-refractivity contribution is -0.137. The number of halogens is 3. The van der Waals surface area contributed by atoms with Crippen molar-refractivity contribution in [2.45, 2.75) is 35.7 Å². The van der Waals surface area contributed by atoms with Gasteiger partial charge in [-0.2, -0.15) is 13.2 Å². The molecule has 1 fully saturated rings. The molecular formula is C23H22F3NO2S2. The Balaban J connectivity index is 1.39. The van der Waals surface area contributed by atoms with Gasteiger partial charge in [0.05, 0.1) is 15.7 Å². The molecule has 4 rings (SSSR count). The first kappa shape index (κ1) is 22.0. The van der Waals surface area contributed by atoms with Crippen LogP contribution in [0.15, 0.2) is 70.9 Å². The van der Waals surface area contributed by atoms with Gasteiger partial charge < -0.3 is 0 Å². The van der Waals surface area contributed by atoms with E-state index in [1.165, 1.54) is 6.07 Å². The van der Waals surface area contributed by atoms with Crippen LogP contribution in [0.1, 0.15) is 24.0 Å². The van der Waals surface area contributed by atoms with Crippen LogP contribution in [0.25, 0.3) is 10.4 Å². The fourth-order valence-electron chi connectivity index (χ4n) is 3.93. The van der Waals surface area contributed by atoms with Crippen LogP contribution < -0.4 is 0 Å². The summed E-state index contributed by atoms with van der Waals surface area (Å²) in [6.07, 6.45) is -3.43. The van der Waals surface area contributed by atoms with Crippen molar-refractivity contribution < 1.29 is 21.6 Å². The van der Waals surface area contributed by atoms with Gasteiger partial charge in [0.1, 0.15) is 0 Å². The molecule has 0 saturated carbocycles. The number of likely N-dealkylation sites (tertiary alicyclic amines) is 1. The average molecular weight is 466 g/mol. The molecular weight excluding hydrogens is 443 g/mol. The minimum absolute atomic E-state index is 0.323. The second kappa shape index (κ2) is 8.76. The molecule has 0 amide bonds. The molecule has 3 nitrogen and oxygen atoms in total. The van der Waals surface area contributed by atoms with Crippen molar-refractivity contribution in [2.75, 3.05) is 13.1 Å². The summed E-state index contributed by atoms with van der Waals surface area (Å²) in [7, 11) is -3.44. The standard InChI is InChI=1S/C23H22F3NO2S2/c24-23(25,26)19-4-1-3-17(15-19)16-27-12-10-21(11-13-27)31(28,29)20-8-6-18(7-9-20)22-5-2-14-30-22/h1-9,14-15,21H,10-13,16H2. The molecule has 0 spiro atoms. The maximum Gasteiger partial charge on any atom is 0.416 e. The molecule has 8 heteroatoms. The quantitative estimate of drug-likeness (QED) is 0.473. The number of hydrogen-bond donors (Lipinski definition) is 0. The molecule has 2 aromatic carbocycles. The lowest BCUT2D eigenvalue weighted by atomic mass is 10.1. The summed E-state index contributed by atoms with van der Waals surface area (Å²) in [6, 6.07) is 16.3. The zero-order chi connectivity index (χ0) is 22.1. The number of benzene rings is 2. The Kier molecular flexibility index (Phi) is 6.23. The van der Waals surface area contributed by atoms with Crippen LogP contribution >= 0.6 is 11.3 Å². The number of alkyl halides is 3. The van der Waals surface area contributed by atoms with Gasteiger partial charge in [-0.1, -0.05) is 36.4 Å². The summed E-state index contributed by atoms with van der Waals surface area (Å²) in [6.45, 7) is 1.45. The van der Waals surface area contributed by atoms with Gasteiger partial charge in [0, 0.05) is 11.4 Å². The molecule has 31 heavy (non-hydrogen) atoms. The Bertz CT molecular complexity index is 1120. The second-order valence-corrected chi connectivity index (χ2v) is 10.9. The van der Waals surface area contributed by atoms with Gasteiger partial charge in [0.15, 0.2) is 9.84 Å². The minimum atomic E-state index is -4.36. The van der Waals surface area contributed by atoms with E-state index >= 15 is 0 Å². The predicted octanol–water partition coefficient (Wildman–Crippen LogP) is 5.87. The number of nitrogens with zero attached hydrogens (tertiary/aromatic N) is 1. The van der Waals surface area contributed by atoms with E-state index in [4.69, 9.17) is 0 Å². The van der Waals surface area contributed by atoms with Crippen LogP contribution in [0.5, 0.6) is 0 Å². The van der Waals surface area contributed by atoms with Gasteiger partial charge >= 0.3 is 6.18 Å². The number of hydrogen-bond acceptors (Lipinski definition) is 4. The van der Waals surface area contributed by atoms with Gasteiger partial charge in [0.2, 0.25) is 0 Å². The summed E-state index contributed by atoms with van der Waals surface area (Å²) in [5, 5.41) is 1.51. The van der Waals surface area contributed by atoms with E-state index in [2.05, 4.69) is 0 Å². The fraction of sp³-hybridized carbons (Fsp3) is 0.304. The van der Waals surface area contributed by atoms with E-state index in [9.17, 15) is 21.6 Å². The first-order chi connectivity index (χ1) is 14.7. The predicted molar refractivity (Wildman–Crippen MR) is 117 cm³/mol. The third-order valence-corrected chi connectivity index (χ3v) is 8.82. The molecule has 164 valence electrons. The highest BCUT2D eigenvalue weighted by Gasteiger charge is 2.32. The molecule has 0 unspecified atom stereocenters. The molecule has 1 saturated heterocycles. The van der Waals surface area contributed by atoms with E-state index in [0.717, 1.165) is 22.6 Å². The maximum absolute atomic E-state index is 13.1. The first-order valence-electron chi connectivity index (χ1n) is 10.00. The SMILES string of the molecule is O=S(=O)(c1ccc(-c2cccs2)cc1)C1CCN(Cc2cccc(C(F)(F)F)c2)CC1. The van der Waals surface area contributed by atoms with E-state index in [-0.39, 0.29) is 0 Å². The highest BCUT2D eigenvalue weighted by atomic mass is 32.2. The topological polar surface area (TPSA) is 37.4 Å². The normalized spacial score (nSPS) is 16.5. The molecule has 0 radical (unpaired) electrons. The lowest BCUT2D eigenvalue weighted by Crippen LogP contribution is -2.38. The number of sulfone groups is 1. The zero-order valence-electron chi connectivity index (χ0n) is 16.7. The van der Waals surface area contributed by atoms with Crippen LogP contribution in [0.3, 0.4) is 0 Å². The lowest BCUT2D eigenvalue weighted by Gasteiger charge is -2.31. The zero-order valence-corrected chi connectivity index (χ0v) is 18.3. The smallest absolute Gasteiger partial charge is 0.299 e. The highest BCUT2D eigenvalue weighted by molar-refractivity contribution is 7.92. The first-order valence-corrected chi connectivity index (χ1v) is 12.4. The number of rotatable bonds is 5. The average Bonchev–Trinajstić information content (AvgIpc) is 3.29. The van der Waals surface area contributed by atoms with Crippen molar-refractivity contribution in [3.8, 4) is 10.4 Å². The van der Waals surface area contributed by atoms with Gasteiger partial charge in [-0.25, -0.2) is 8.42 Å². The van der Waals surface area contributed by atoms with E-state index in [0.29, 0.717) is 42.9 Å². The molecule has 0 N–H and O–H groups in total. The Morgan fingerprint density at radius 3 is 2.29 bits per heavy atom. The molecule has 1 aromatic heterocycles. The third kappa shape index (κ3) is 5.02. The van der Waals surface area contributed by atoms with Crippen LogP contribution in [0, 0.1) is 0 Å². The van der Waals surface area contributed by atoms with Crippen LogP contribution in [0.4, 0.5) is 13.2 Å². The van der Waals surface area contributed by atoms with Gasteiger partial charge in [-0.3, -0.25) is 4.90 Å². The minimum Gasteiger partial charge on any atom is -0.299 e. The van der Waals surface area contributed by atoms with Crippen LogP contribution in [0.2, 0.25) is 0 Å². The van der Waals surface area contributed by atoms with Crippen molar-refractivity contribution in [1.82, 2.24) is 4.90 Å². The number of thiophene rings is 1. The molecule has 0 aliphatic carbocycles. The Morgan fingerprint density at radius 2 is 1.68 bits per heavy atom. The monoisotopic (exact) mass is 465 g/mol. The highest BCUT2D eigenvalue weighted by Crippen LogP contribution is 2.31.